The highest BCUT2D eigenvalue weighted by molar-refractivity contribution is 5.51. The summed E-state index contributed by atoms with van der Waals surface area (Å²) in [5.74, 6) is 2.28. The number of fused-ring (bicyclic) bond motifs is 1. The zero-order chi connectivity index (χ0) is 21.6. The monoisotopic (exact) mass is 417 g/mol. The van der Waals surface area contributed by atoms with Crippen molar-refractivity contribution in [3.63, 3.8) is 0 Å². The second-order valence-corrected chi connectivity index (χ2v) is 8.46. The molecule has 0 spiro atoms. The molecule has 0 unspecified atom stereocenters. The van der Waals surface area contributed by atoms with Gasteiger partial charge in [-0.05, 0) is 74.9 Å². The predicted molar refractivity (Wildman–Crippen MR) is 124 cm³/mol. The van der Waals surface area contributed by atoms with E-state index in [4.69, 9.17) is 9.47 Å². The molecule has 31 heavy (non-hydrogen) atoms. The first-order valence-electron chi connectivity index (χ1n) is 11.0. The average molecular weight is 418 g/mol. The standard InChI is InChI=1S/C27H31NO3/c1-28(2)16-6-7-17-30-23-13-10-21(11-14-23)27-24-18-22(29)12-15-26(24)31-19-25(27)20-8-4-3-5-9-20/h3-5,8-15,18,25,27,29H,6-7,16-17,19H2,1-2H3/t25-,27-/m1/s1. The van der Waals surface area contributed by atoms with Gasteiger partial charge in [-0.15, -0.1) is 0 Å². The van der Waals surface area contributed by atoms with Gasteiger partial charge in [0, 0.05) is 17.4 Å². The van der Waals surface area contributed by atoms with E-state index in [9.17, 15) is 5.11 Å². The molecule has 0 aromatic heterocycles. The van der Waals surface area contributed by atoms with Crippen LogP contribution in [0.2, 0.25) is 0 Å². The van der Waals surface area contributed by atoms with E-state index >= 15 is 0 Å². The zero-order valence-electron chi connectivity index (χ0n) is 18.3. The van der Waals surface area contributed by atoms with Crippen LogP contribution in [0.25, 0.3) is 0 Å². The molecule has 1 aliphatic rings. The van der Waals surface area contributed by atoms with Crippen LogP contribution >= 0.6 is 0 Å². The number of hydrogen-bond acceptors (Lipinski definition) is 4. The molecular weight excluding hydrogens is 386 g/mol. The van der Waals surface area contributed by atoms with E-state index < -0.39 is 0 Å². The molecule has 0 fully saturated rings. The van der Waals surface area contributed by atoms with Crippen molar-refractivity contribution in [2.24, 2.45) is 0 Å². The molecule has 0 radical (unpaired) electrons. The molecule has 1 heterocycles. The van der Waals surface area contributed by atoms with Crippen molar-refractivity contribution < 1.29 is 14.6 Å². The average Bonchev–Trinajstić information content (AvgIpc) is 2.79. The minimum Gasteiger partial charge on any atom is -0.508 e. The van der Waals surface area contributed by atoms with Crippen LogP contribution in [-0.2, 0) is 0 Å². The number of hydrogen-bond donors (Lipinski definition) is 1. The van der Waals surface area contributed by atoms with Gasteiger partial charge in [0.15, 0.2) is 0 Å². The molecule has 4 heteroatoms. The number of phenols is 1. The maximum atomic E-state index is 10.2. The van der Waals surface area contributed by atoms with Crippen molar-refractivity contribution >= 4 is 0 Å². The number of nitrogens with zero attached hydrogens (tertiary/aromatic N) is 1. The topological polar surface area (TPSA) is 41.9 Å². The Labute approximate surface area is 185 Å². The van der Waals surface area contributed by atoms with Gasteiger partial charge in [0.25, 0.3) is 0 Å². The molecule has 0 bridgehead atoms. The molecule has 0 saturated heterocycles. The van der Waals surface area contributed by atoms with Crippen LogP contribution in [0, 0.1) is 0 Å². The number of aromatic hydroxyl groups is 1. The molecule has 4 nitrogen and oxygen atoms in total. The largest absolute Gasteiger partial charge is 0.508 e. The molecule has 1 aliphatic heterocycles. The van der Waals surface area contributed by atoms with E-state index in [1.165, 1.54) is 11.1 Å². The zero-order valence-corrected chi connectivity index (χ0v) is 18.3. The van der Waals surface area contributed by atoms with Gasteiger partial charge in [0.05, 0.1) is 13.2 Å². The maximum Gasteiger partial charge on any atom is 0.123 e. The number of unbranched alkanes of at least 4 members (excludes halogenated alkanes) is 1. The van der Waals surface area contributed by atoms with Gasteiger partial charge in [-0.1, -0.05) is 42.5 Å². The summed E-state index contributed by atoms with van der Waals surface area (Å²) in [4.78, 5) is 2.20. The van der Waals surface area contributed by atoms with E-state index in [-0.39, 0.29) is 17.6 Å². The molecule has 0 saturated carbocycles. The summed E-state index contributed by atoms with van der Waals surface area (Å²) in [6.45, 7) is 2.42. The van der Waals surface area contributed by atoms with E-state index in [1.54, 1.807) is 6.07 Å². The van der Waals surface area contributed by atoms with Gasteiger partial charge in [-0.3, -0.25) is 0 Å². The van der Waals surface area contributed by atoms with E-state index in [1.807, 2.05) is 18.2 Å². The summed E-state index contributed by atoms with van der Waals surface area (Å²) in [6.07, 6.45) is 2.18. The smallest absolute Gasteiger partial charge is 0.123 e. The van der Waals surface area contributed by atoms with E-state index in [2.05, 4.69) is 67.5 Å². The Hall–Kier alpha value is -2.98. The fourth-order valence-electron chi connectivity index (χ4n) is 4.30. The van der Waals surface area contributed by atoms with Crippen LogP contribution in [0.3, 0.4) is 0 Å². The van der Waals surface area contributed by atoms with Crippen LogP contribution in [-0.4, -0.2) is 43.9 Å². The summed E-state index contributed by atoms with van der Waals surface area (Å²) in [5.41, 5.74) is 3.46. The molecule has 2 atom stereocenters. The molecule has 3 aromatic carbocycles. The summed E-state index contributed by atoms with van der Waals surface area (Å²) >= 11 is 0. The van der Waals surface area contributed by atoms with Crippen LogP contribution in [0.4, 0.5) is 0 Å². The first kappa shape index (κ1) is 21.3. The van der Waals surface area contributed by atoms with Gasteiger partial charge in [0.1, 0.15) is 17.2 Å². The first-order valence-corrected chi connectivity index (χ1v) is 11.0. The van der Waals surface area contributed by atoms with E-state index in [0.717, 1.165) is 43.1 Å². The Morgan fingerprint density at radius 1 is 0.935 bits per heavy atom. The van der Waals surface area contributed by atoms with Crippen LogP contribution in [0.15, 0.2) is 72.8 Å². The Kier molecular flexibility index (Phi) is 6.78. The SMILES string of the molecule is CN(C)CCCCOc1ccc([C@@H]2c3cc(O)ccc3OC[C@@H]2c2ccccc2)cc1. The van der Waals surface area contributed by atoms with Gasteiger partial charge in [-0.2, -0.15) is 0 Å². The third-order valence-electron chi connectivity index (χ3n) is 5.88. The highest BCUT2D eigenvalue weighted by atomic mass is 16.5. The van der Waals surface area contributed by atoms with Crippen molar-refractivity contribution in [1.29, 1.82) is 0 Å². The second-order valence-electron chi connectivity index (χ2n) is 8.46. The van der Waals surface area contributed by atoms with Crippen LogP contribution in [0.5, 0.6) is 17.2 Å². The van der Waals surface area contributed by atoms with Crippen molar-refractivity contribution in [3.8, 4) is 17.2 Å². The second kappa shape index (κ2) is 9.88. The summed E-state index contributed by atoms with van der Waals surface area (Å²) < 4.78 is 12.0. The van der Waals surface area contributed by atoms with Gasteiger partial charge >= 0.3 is 0 Å². The molecule has 3 aromatic rings. The Bertz CT molecular complexity index is 970. The van der Waals surface area contributed by atoms with Crippen molar-refractivity contribution in [3.05, 3.63) is 89.5 Å². The lowest BCUT2D eigenvalue weighted by molar-refractivity contribution is 0.248. The lowest BCUT2D eigenvalue weighted by Gasteiger charge is -2.34. The van der Waals surface area contributed by atoms with Crippen molar-refractivity contribution in [2.45, 2.75) is 24.7 Å². The predicted octanol–water partition coefficient (Wildman–Crippen LogP) is 5.42. The van der Waals surface area contributed by atoms with Gasteiger partial charge in [0.2, 0.25) is 0 Å². The minimum atomic E-state index is 0.104. The van der Waals surface area contributed by atoms with Gasteiger partial charge < -0.3 is 19.5 Å². The molecular formula is C27H31NO3. The fraction of sp³-hybridized carbons (Fsp3) is 0.333. The van der Waals surface area contributed by atoms with Crippen molar-refractivity contribution in [2.75, 3.05) is 33.9 Å². The molecule has 0 amide bonds. The number of phenolic OH excluding ortho intramolecular Hbond substituents is 1. The maximum absolute atomic E-state index is 10.2. The molecule has 0 aliphatic carbocycles. The van der Waals surface area contributed by atoms with Crippen LogP contribution < -0.4 is 9.47 Å². The number of ether oxygens (including phenoxy) is 2. The van der Waals surface area contributed by atoms with Crippen molar-refractivity contribution in [1.82, 2.24) is 4.90 Å². The quantitative estimate of drug-likeness (QED) is 0.497. The highest BCUT2D eigenvalue weighted by Crippen LogP contribution is 2.47. The summed E-state index contributed by atoms with van der Waals surface area (Å²) in [6, 6.07) is 24.3. The lowest BCUT2D eigenvalue weighted by Crippen LogP contribution is -2.25. The number of rotatable bonds is 8. The first-order chi connectivity index (χ1) is 15.1. The minimum absolute atomic E-state index is 0.104. The lowest BCUT2D eigenvalue weighted by atomic mass is 9.76. The molecule has 4 rings (SSSR count). The Balaban J connectivity index is 1.55. The molecule has 162 valence electrons. The Morgan fingerprint density at radius 3 is 2.45 bits per heavy atom. The van der Waals surface area contributed by atoms with Gasteiger partial charge in [-0.25, -0.2) is 0 Å². The third kappa shape index (κ3) is 5.20. The summed E-state index contributed by atoms with van der Waals surface area (Å²) in [5, 5.41) is 10.2. The number of benzene rings is 3. The highest BCUT2D eigenvalue weighted by Gasteiger charge is 2.33. The molecule has 1 N–H and O–H groups in total. The third-order valence-corrected chi connectivity index (χ3v) is 5.88. The fourth-order valence-corrected chi connectivity index (χ4v) is 4.30. The summed E-state index contributed by atoms with van der Waals surface area (Å²) in [7, 11) is 4.19. The van der Waals surface area contributed by atoms with Crippen LogP contribution in [0.1, 0.15) is 41.4 Å². The normalized spacial score (nSPS) is 17.8. The van der Waals surface area contributed by atoms with E-state index in [0.29, 0.717) is 6.61 Å². The Morgan fingerprint density at radius 2 is 1.71 bits per heavy atom.